The summed E-state index contributed by atoms with van der Waals surface area (Å²) in [6, 6.07) is 13.1. The van der Waals surface area contributed by atoms with E-state index in [0.29, 0.717) is 17.9 Å². The van der Waals surface area contributed by atoms with E-state index in [-0.39, 0.29) is 5.75 Å². The lowest BCUT2D eigenvalue weighted by Crippen LogP contribution is -1.92. The molecule has 0 aliphatic rings. The molecular formula is C15H14INO2. The summed E-state index contributed by atoms with van der Waals surface area (Å²) >= 11 is 2.25. The Labute approximate surface area is 126 Å². The van der Waals surface area contributed by atoms with Crippen molar-refractivity contribution in [1.29, 1.82) is 0 Å². The van der Waals surface area contributed by atoms with E-state index in [1.807, 2.05) is 37.3 Å². The van der Waals surface area contributed by atoms with Gasteiger partial charge in [-0.05, 0) is 65.9 Å². The molecule has 19 heavy (non-hydrogen) atoms. The van der Waals surface area contributed by atoms with Gasteiger partial charge in [0.15, 0.2) is 0 Å². The van der Waals surface area contributed by atoms with Crippen LogP contribution in [0.15, 0.2) is 47.5 Å². The second-order valence-electron chi connectivity index (χ2n) is 3.89. The van der Waals surface area contributed by atoms with Crippen molar-refractivity contribution in [2.75, 3.05) is 6.61 Å². The Morgan fingerprint density at radius 3 is 2.58 bits per heavy atom. The molecule has 4 heteroatoms. The SMILES string of the molecule is CCOc1ccc(C=Nc2ccc(I)cc2)c(O)c1. The van der Waals surface area contributed by atoms with Crippen LogP contribution in [0.25, 0.3) is 0 Å². The van der Waals surface area contributed by atoms with Gasteiger partial charge in [0, 0.05) is 21.4 Å². The van der Waals surface area contributed by atoms with Gasteiger partial charge in [0.05, 0.1) is 12.3 Å². The second-order valence-corrected chi connectivity index (χ2v) is 5.13. The number of ether oxygens (including phenoxy) is 1. The van der Waals surface area contributed by atoms with Crippen LogP contribution in [0.2, 0.25) is 0 Å². The monoisotopic (exact) mass is 367 g/mol. The van der Waals surface area contributed by atoms with Gasteiger partial charge in [0.2, 0.25) is 0 Å². The number of phenolic OH excluding ortho intramolecular Hbond substituents is 1. The quantitative estimate of drug-likeness (QED) is 0.652. The number of aliphatic imine (C=N–C) groups is 1. The standard InChI is InChI=1S/C15H14INO2/c1-2-19-14-8-3-11(15(18)9-14)10-17-13-6-4-12(16)5-7-13/h3-10,18H,2H2,1H3. The zero-order valence-electron chi connectivity index (χ0n) is 10.5. The smallest absolute Gasteiger partial charge is 0.128 e. The van der Waals surface area contributed by atoms with E-state index in [4.69, 9.17) is 4.74 Å². The Morgan fingerprint density at radius 1 is 1.21 bits per heavy atom. The molecule has 0 aliphatic carbocycles. The molecule has 0 heterocycles. The molecule has 3 nitrogen and oxygen atoms in total. The number of benzene rings is 2. The third-order valence-electron chi connectivity index (χ3n) is 2.49. The average molecular weight is 367 g/mol. The van der Waals surface area contributed by atoms with Gasteiger partial charge in [-0.2, -0.15) is 0 Å². The first-order valence-electron chi connectivity index (χ1n) is 5.94. The van der Waals surface area contributed by atoms with Gasteiger partial charge in [-0.25, -0.2) is 0 Å². The largest absolute Gasteiger partial charge is 0.507 e. The minimum absolute atomic E-state index is 0.167. The lowest BCUT2D eigenvalue weighted by molar-refractivity contribution is 0.337. The summed E-state index contributed by atoms with van der Waals surface area (Å²) in [5, 5.41) is 9.87. The number of phenols is 1. The Balaban J connectivity index is 2.16. The fourth-order valence-electron chi connectivity index (χ4n) is 1.56. The first-order chi connectivity index (χ1) is 9.19. The molecule has 2 aromatic carbocycles. The van der Waals surface area contributed by atoms with Gasteiger partial charge in [-0.15, -0.1) is 0 Å². The molecule has 0 aliphatic heterocycles. The number of hydrogen-bond donors (Lipinski definition) is 1. The van der Waals surface area contributed by atoms with E-state index in [1.165, 1.54) is 3.57 Å². The summed E-state index contributed by atoms with van der Waals surface area (Å²) in [5.74, 6) is 0.826. The molecule has 1 N–H and O–H groups in total. The highest BCUT2D eigenvalue weighted by molar-refractivity contribution is 14.1. The van der Waals surface area contributed by atoms with Crippen LogP contribution < -0.4 is 4.74 Å². The molecule has 2 aromatic rings. The van der Waals surface area contributed by atoms with E-state index in [0.717, 1.165) is 5.69 Å². The highest BCUT2D eigenvalue weighted by Crippen LogP contribution is 2.23. The minimum atomic E-state index is 0.167. The van der Waals surface area contributed by atoms with Crippen molar-refractivity contribution < 1.29 is 9.84 Å². The highest BCUT2D eigenvalue weighted by Gasteiger charge is 2.01. The molecule has 0 radical (unpaired) electrons. The zero-order chi connectivity index (χ0) is 13.7. The van der Waals surface area contributed by atoms with Gasteiger partial charge in [0.1, 0.15) is 11.5 Å². The van der Waals surface area contributed by atoms with Crippen LogP contribution >= 0.6 is 22.6 Å². The van der Waals surface area contributed by atoms with E-state index >= 15 is 0 Å². The van der Waals surface area contributed by atoms with Crippen LogP contribution in [0.1, 0.15) is 12.5 Å². The van der Waals surface area contributed by atoms with Crippen molar-refractivity contribution in [3.63, 3.8) is 0 Å². The number of halogens is 1. The van der Waals surface area contributed by atoms with Crippen molar-refractivity contribution in [3.8, 4) is 11.5 Å². The molecule has 0 saturated carbocycles. The lowest BCUT2D eigenvalue weighted by Gasteiger charge is -2.04. The fourth-order valence-corrected chi connectivity index (χ4v) is 1.92. The molecule has 98 valence electrons. The van der Waals surface area contributed by atoms with Crippen LogP contribution in [0.3, 0.4) is 0 Å². The van der Waals surface area contributed by atoms with Gasteiger partial charge in [0.25, 0.3) is 0 Å². The van der Waals surface area contributed by atoms with E-state index in [9.17, 15) is 5.11 Å². The average Bonchev–Trinajstić information content (AvgIpc) is 2.40. The first kappa shape index (κ1) is 13.9. The Kier molecular flexibility index (Phi) is 4.79. The number of aromatic hydroxyl groups is 1. The third kappa shape index (κ3) is 3.96. The lowest BCUT2D eigenvalue weighted by atomic mass is 10.2. The first-order valence-corrected chi connectivity index (χ1v) is 7.02. The topological polar surface area (TPSA) is 41.8 Å². The number of hydrogen-bond acceptors (Lipinski definition) is 3. The van der Waals surface area contributed by atoms with Crippen molar-refractivity contribution in [2.24, 2.45) is 4.99 Å². The van der Waals surface area contributed by atoms with Crippen LogP contribution in [-0.4, -0.2) is 17.9 Å². The maximum absolute atomic E-state index is 9.87. The minimum Gasteiger partial charge on any atom is -0.507 e. The highest BCUT2D eigenvalue weighted by atomic mass is 127. The molecule has 0 unspecified atom stereocenters. The van der Waals surface area contributed by atoms with Gasteiger partial charge >= 0.3 is 0 Å². The van der Waals surface area contributed by atoms with E-state index in [1.54, 1.807) is 18.3 Å². The summed E-state index contributed by atoms with van der Waals surface area (Å²) < 4.78 is 6.48. The predicted octanol–water partition coefficient (Wildman–Crippen LogP) is 4.15. The Morgan fingerprint density at radius 2 is 1.95 bits per heavy atom. The molecule has 2 rings (SSSR count). The normalized spacial score (nSPS) is 10.8. The zero-order valence-corrected chi connectivity index (χ0v) is 12.7. The van der Waals surface area contributed by atoms with Crippen molar-refractivity contribution in [2.45, 2.75) is 6.92 Å². The van der Waals surface area contributed by atoms with Crippen molar-refractivity contribution in [3.05, 3.63) is 51.6 Å². The van der Waals surface area contributed by atoms with Crippen LogP contribution in [0, 0.1) is 3.57 Å². The van der Waals surface area contributed by atoms with E-state index < -0.39 is 0 Å². The molecule has 0 bridgehead atoms. The summed E-state index contributed by atoms with van der Waals surface area (Å²) in [5.41, 5.74) is 1.52. The fraction of sp³-hybridized carbons (Fsp3) is 0.133. The molecule has 0 saturated heterocycles. The summed E-state index contributed by atoms with van der Waals surface area (Å²) in [4.78, 5) is 4.32. The molecule has 0 spiro atoms. The maximum atomic E-state index is 9.87. The number of rotatable bonds is 4. The molecule has 0 fully saturated rings. The summed E-state index contributed by atoms with van der Waals surface area (Å²) in [6.07, 6.45) is 1.65. The third-order valence-corrected chi connectivity index (χ3v) is 3.21. The second kappa shape index (κ2) is 6.56. The number of nitrogens with zero attached hydrogens (tertiary/aromatic N) is 1. The van der Waals surface area contributed by atoms with Crippen molar-refractivity contribution in [1.82, 2.24) is 0 Å². The Bertz CT molecular complexity index is 579. The summed E-state index contributed by atoms with van der Waals surface area (Å²) in [7, 11) is 0. The molecular weight excluding hydrogens is 353 g/mol. The van der Waals surface area contributed by atoms with E-state index in [2.05, 4.69) is 27.6 Å². The Hall–Kier alpha value is -1.56. The van der Waals surface area contributed by atoms with Gasteiger partial charge in [-0.1, -0.05) is 0 Å². The predicted molar refractivity (Wildman–Crippen MR) is 85.7 cm³/mol. The van der Waals surface area contributed by atoms with Crippen LogP contribution in [0.5, 0.6) is 11.5 Å². The van der Waals surface area contributed by atoms with Crippen molar-refractivity contribution >= 4 is 34.5 Å². The molecule has 0 atom stereocenters. The maximum Gasteiger partial charge on any atom is 0.128 e. The van der Waals surface area contributed by atoms with Crippen LogP contribution in [-0.2, 0) is 0 Å². The summed E-state index contributed by atoms with van der Waals surface area (Å²) in [6.45, 7) is 2.48. The van der Waals surface area contributed by atoms with Crippen LogP contribution in [0.4, 0.5) is 5.69 Å². The van der Waals surface area contributed by atoms with Gasteiger partial charge in [-0.3, -0.25) is 4.99 Å². The molecule has 0 aromatic heterocycles. The molecule has 0 amide bonds. The van der Waals surface area contributed by atoms with Gasteiger partial charge < -0.3 is 9.84 Å².